The van der Waals surface area contributed by atoms with Gasteiger partial charge in [0.25, 0.3) is 5.91 Å². The highest BCUT2D eigenvalue weighted by molar-refractivity contribution is 6.31. The predicted molar refractivity (Wildman–Crippen MR) is 135 cm³/mol. The standard InChI is InChI=1S/C27H25ClF4N2O5/c1-37-22-8-6-20(34-24(22)15-3-5-19(29)18(28)11-15)17(27(30,31)32)13-33-25(35)16-4-7-21(23(12-16)38-2)39-14-26(36)9-10-26/h3-8,11-12,17,36H,9-10,13-14H2,1-2H3,(H,33,35). The molecule has 1 amide bonds. The Kier molecular flexibility index (Phi) is 8.22. The Bertz CT molecular complexity index is 1360. The molecule has 0 radical (unpaired) electrons. The smallest absolute Gasteiger partial charge is 0.398 e. The topological polar surface area (TPSA) is 89.9 Å². The zero-order valence-electron chi connectivity index (χ0n) is 20.9. The Hall–Kier alpha value is -3.57. The number of hydrogen-bond acceptors (Lipinski definition) is 6. The summed E-state index contributed by atoms with van der Waals surface area (Å²) >= 11 is 5.85. The van der Waals surface area contributed by atoms with Crippen LogP contribution in [0.25, 0.3) is 11.3 Å². The highest BCUT2D eigenvalue weighted by atomic mass is 35.5. The number of hydrogen-bond donors (Lipinski definition) is 2. The number of benzene rings is 2. The average Bonchev–Trinajstić information content (AvgIpc) is 3.65. The molecule has 39 heavy (non-hydrogen) atoms. The number of ether oxygens (including phenoxy) is 3. The third-order valence-corrected chi connectivity index (χ3v) is 6.55. The summed E-state index contributed by atoms with van der Waals surface area (Å²) in [7, 11) is 2.68. The van der Waals surface area contributed by atoms with Crippen LogP contribution in [0, 0.1) is 5.82 Å². The van der Waals surface area contributed by atoms with E-state index in [0.29, 0.717) is 18.6 Å². The van der Waals surface area contributed by atoms with Gasteiger partial charge in [0, 0.05) is 17.7 Å². The largest absolute Gasteiger partial charge is 0.494 e. The summed E-state index contributed by atoms with van der Waals surface area (Å²) in [6.07, 6.45) is -3.51. The summed E-state index contributed by atoms with van der Waals surface area (Å²) in [5.74, 6) is -2.98. The van der Waals surface area contributed by atoms with Crippen molar-refractivity contribution in [3.63, 3.8) is 0 Å². The van der Waals surface area contributed by atoms with Crippen LogP contribution in [0.4, 0.5) is 17.6 Å². The number of aliphatic hydroxyl groups is 1. The first kappa shape index (κ1) is 28.4. The second kappa shape index (κ2) is 11.3. The molecule has 1 fully saturated rings. The van der Waals surface area contributed by atoms with E-state index in [2.05, 4.69) is 10.3 Å². The number of carbonyl (C=O) groups excluding carboxylic acids is 1. The molecule has 1 aromatic heterocycles. The van der Waals surface area contributed by atoms with Crippen LogP contribution >= 0.6 is 11.6 Å². The molecule has 0 aliphatic heterocycles. The molecule has 3 aromatic rings. The van der Waals surface area contributed by atoms with Crippen molar-refractivity contribution in [1.29, 1.82) is 0 Å². The predicted octanol–water partition coefficient (Wildman–Crippen LogP) is 5.54. The summed E-state index contributed by atoms with van der Waals surface area (Å²) in [5.41, 5.74) is -0.902. The number of methoxy groups -OCH3 is 2. The molecule has 1 heterocycles. The van der Waals surface area contributed by atoms with E-state index in [1.165, 1.54) is 50.6 Å². The molecule has 4 rings (SSSR count). The summed E-state index contributed by atoms with van der Waals surface area (Å²) < 4.78 is 72.0. The fraction of sp³-hybridized carbons (Fsp3) is 0.333. The van der Waals surface area contributed by atoms with E-state index >= 15 is 0 Å². The van der Waals surface area contributed by atoms with Crippen molar-refractivity contribution in [2.45, 2.75) is 30.5 Å². The lowest BCUT2D eigenvalue weighted by Gasteiger charge is -2.22. The van der Waals surface area contributed by atoms with Crippen LogP contribution in [0.2, 0.25) is 5.02 Å². The first-order valence-corrected chi connectivity index (χ1v) is 12.2. The summed E-state index contributed by atoms with van der Waals surface area (Å²) in [6.45, 7) is -0.748. The molecule has 208 valence electrons. The van der Waals surface area contributed by atoms with Gasteiger partial charge in [-0.25, -0.2) is 9.37 Å². The zero-order chi connectivity index (χ0) is 28.4. The molecular weight excluding hydrogens is 544 g/mol. The number of aromatic nitrogens is 1. The normalized spacial score (nSPS) is 14.9. The first-order chi connectivity index (χ1) is 18.4. The fourth-order valence-electron chi connectivity index (χ4n) is 3.78. The van der Waals surface area contributed by atoms with Crippen molar-refractivity contribution < 1.29 is 41.7 Å². The molecular formula is C27H25ClF4N2O5. The van der Waals surface area contributed by atoms with Crippen molar-refractivity contribution in [3.05, 3.63) is 70.6 Å². The minimum atomic E-state index is -4.76. The van der Waals surface area contributed by atoms with Crippen molar-refractivity contribution in [1.82, 2.24) is 10.3 Å². The summed E-state index contributed by atoms with van der Waals surface area (Å²) in [5, 5.41) is 12.0. The fourth-order valence-corrected chi connectivity index (χ4v) is 3.96. The van der Waals surface area contributed by atoms with Gasteiger partial charge in [0.2, 0.25) is 0 Å². The first-order valence-electron chi connectivity index (χ1n) is 11.8. The molecule has 0 saturated heterocycles. The van der Waals surface area contributed by atoms with Crippen molar-refractivity contribution in [2.24, 2.45) is 0 Å². The van der Waals surface area contributed by atoms with Crippen molar-refractivity contribution in [3.8, 4) is 28.5 Å². The number of rotatable bonds is 10. The Balaban J connectivity index is 1.54. The Labute approximate surface area is 226 Å². The van der Waals surface area contributed by atoms with E-state index < -0.39 is 36.0 Å². The van der Waals surface area contributed by atoms with Gasteiger partial charge in [-0.1, -0.05) is 11.6 Å². The second-order valence-electron chi connectivity index (χ2n) is 9.10. The number of alkyl halides is 3. The van der Waals surface area contributed by atoms with Gasteiger partial charge >= 0.3 is 6.18 Å². The van der Waals surface area contributed by atoms with Gasteiger partial charge in [-0.15, -0.1) is 0 Å². The van der Waals surface area contributed by atoms with E-state index in [1.54, 1.807) is 0 Å². The number of nitrogens with zero attached hydrogens (tertiary/aromatic N) is 1. The minimum Gasteiger partial charge on any atom is -0.494 e. The quantitative estimate of drug-likeness (QED) is 0.312. The van der Waals surface area contributed by atoms with Gasteiger partial charge in [0.05, 0.1) is 30.5 Å². The zero-order valence-corrected chi connectivity index (χ0v) is 21.7. The molecule has 7 nitrogen and oxygen atoms in total. The SMILES string of the molecule is COc1cc(C(=O)NCC(c2ccc(OC)c(-c3ccc(F)c(Cl)c3)n2)C(F)(F)F)ccc1OCC1(O)CC1. The lowest BCUT2D eigenvalue weighted by molar-refractivity contribution is -0.149. The minimum absolute atomic E-state index is 0.0358. The molecule has 0 spiro atoms. The molecule has 0 bridgehead atoms. The molecule has 1 atom stereocenters. The molecule has 12 heteroatoms. The molecule has 2 aromatic carbocycles. The van der Waals surface area contributed by atoms with Crippen LogP contribution in [0.15, 0.2) is 48.5 Å². The average molecular weight is 569 g/mol. The van der Waals surface area contributed by atoms with Crippen molar-refractivity contribution >= 4 is 17.5 Å². The monoisotopic (exact) mass is 568 g/mol. The molecule has 1 aliphatic carbocycles. The van der Waals surface area contributed by atoms with Gasteiger partial charge in [-0.3, -0.25) is 4.79 Å². The van der Waals surface area contributed by atoms with Gasteiger partial charge < -0.3 is 24.6 Å². The lowest BCUT2D eigenvalue weighted by atomic mass is 10.0. The van der Waals surface area contributed by atoms with Gasteiger partial charge in [0.15, 0.2) is 11.5 Å². The van der Waals surface area contributed by atoms with Crippen LogP contribution < -0.4 is 19.5 Å². The number of amides is 1. The number of carbonyl (C=O) groups is 1. The maximum atomic E-state index is 14.1. The number of halogens is 5. The van der Waals surface area contributed by atoms with E-state index in [-0.39, 0.29) is 45.6 Å². The van der Waals surface area contributed by atoms with Crippen LogP contribution in [0.3, 0.4) is 0 Å². The number of pyridine rings is 1. The Morgan fingerprint density at radius 1 is 1.08 bits per heavy atom. The maximum Gasteiger partial charge on any atom is 0.398 e. The van der Waals surface area contributed by atoms with E-state index in [4.69, 9.17) is 25.8 Å². The lowest BCUT2D eigenvalue weighted by Crippen LogP contribution is -2.35. The molecule has 1 saturated carbocycles. The van der Waals surface area contributed by atoms with Crippen LogP contribution in [0.1, 0.15) is 34.8 Å². The molecule has 1 unspecified atom stereocenters. The van der Waals surface area contributed by atoms with E-state index in [9.17, 15) is 27.5 Å². The van der Waals surface area contributed by atoms with Crippen molar-refractivity contribution in [2.75, 3.05) is 27.4 Å². The van der Waals surface area contributed by atoms with E-state index in [1.807, 2.05) is 0 Å². The van der Waals surface area contributed by atoms with Crippen LogP contribution in [-0.2, 0) is 0 Å². The molecule has 1 aliphatic rings. The van der Waals surface area contributed by atoms with Gasteiger partial charge in [-0.2, -0.15) is 13.2 Å². The summed E-state index contributed by atoms with van der Waals surface area (Å²) in [6, 6.07) is 10.3. The van der Waals surface area contributed by atoms with Crippen LogP contribution in [0.5, 0.6) is 17.2 Å². The number of nitrogens with one attached hydrogen (secondary N) is 1. The summed E-state index contributed by atoms with van der Waals surface area (Å²) in [4.78, 5) is 16.9. The van der Waals surface area contributed by atoms with Gasteiger partial charge in [0.1, 0.15) is 29.8 Å². The third-order valence-electron chi connectivity index (χ3n) is 6.26. The third kappa shape index (κ3) is 6.72. The Morgan fingerprint density at radius 2 is 1.77 bits per heavy atom. The Morgan fingerprint density at radius 3 is 2.38 bits per heavy atom. The van der Waals surface area contributed by atoms with Gasteiger partial charge in [-0.05, 0) is 61.4 Å². The van der Waals surface area contributed by atoms with E-state index in [0.717, 1.165) is 12.1 Å². The second-order valence-corrected chi connectivity index (χ2v) is 9.51. The highest BCUT2D eigenvalue weighted by Crippen LogP contribution is 2.39. The molecule has 2 N–H and O–H groups in total. The van der Waals surface area contributed by atoms with Crippen LogP contribution in [-0.4, -0.2) is 55.1 Å². The highest BCUT2D eigenvalue weighted by Gasteiger charge is 2.43. The maximum absolute atomic E-state index is 14.1.